The van der Waals surface area contributed by atoms with E-state index in [-0.39, 0.29) is 0 Å². The van der Waals surface area contributed by atoms with Gasteiger partial charge in [0, 0.05) is 12.6 Å². The van der Waals surface area contributed by atoms with Gasteiger partial charge in [-0.25, -0.2) is 0 Å². The van der Waals surface area contributed by atoms with E-state index in [1.807, 2.05) is 32.9 Å². The van der Waals surface area contributed by atoms with Crippen LogP contribution in [0.1, 0.15) is 18.2 Å². The molecule has 0 radical (unpaired) electrons. The lowest BCUT2D eigenvalue weighted by molar-refractivity contribution is 0.338. The summed E-state index contributed by atoms with van der Waals surface area (Å²) in [5, 5.41) is 2.90. The number of benzene rings is 1. The molecule has 0 bridgehead atoms. The number of nitrogens with one attached hydrogen (secondary N) is 1. The zero-order valence-electron chi connectivity index (χ0n) is 11.2. The van der Waals surface area contributed by atoms with Gasteiger partial charge in [-0.2, -0.15) is 4.98 Å². The average molecular weight is 246 g/mol. The number of aromatic nitrogens is 1. The molecule has 1 heterocycles. The first kappa shape index (κ1) is 12.5. The molecule has 0 fully saturated rings. The molecular weight excluding hydrogens is 228 g/mol. The second-order valence-electron chi connectivity index (χ2n) is 4.09. The van der Waals surface area contributed by atoms with E-state index in [0.29, 0.717) is 12.6 Å². The number of anilines is 1. The fourth-order valence-electron chi connectivity index (χ4n) is 1.89. The van der Waals surface area contributed by atoms with Crippen molar-refractivity contribution in [1.82, 2.24) is 4.98 Å². The number of oxazole rings is 1. The van der Waals surface area contributed by atoms with Gasteiger partial charge in [-0.05, 0) is 44.5 Å². The Hall–Kier alpha value is -1.97. The maximum atomic E-state index is 5.53. The van der Waals surface area contributed by atoms with Crippen molar-refractivity contribution < 1.29 is 9.15 Å². The minimum absolute atomic E-state index is 0.536. The Kier molecular flexibility index (Phi) is 3.55. The van der Waals surface area contributed by atoms with Crippen LogP contribution in [0.5, 0.6) is 5.75 Å². The van der Waals surface area contributed by atoms with Gasteiger partial charge < -0.3 is 14.5 Å². The monoisotopic (exact) mass is 246 g/mol. The molecule has 2 rings (SSSR count). The molecule has 2 aromatic rings. The van der Waals surface area contributed by atoms with E-state index in [1.165, 1.54) is 0 Å². The largest absolute Gasteiger partial charge is 0.494 e. The Morgan fingerprint density at radius 3 is 2.67 bits per heavy atom. The van der Waals surface area contributed by atoms with Gasteiger partial charge in [-0.1, -0.05) is 0 Å². The predicted octanol–water partition coefficient (Wildman–Crippen LogP) is 3.40. The van der Waals surface area contributed by atoms with Crippen LogP contribution in [-0.2, 0) is 0 Å². The smallest absolute Gasteiger partial charge is 0.295 e. The highest BCUT2D eigenvalue weighted by Gasteiger charge is 2.12. The van der Waals surface area contributed by atoms with Crippen molar-refractivity contribution in [3.8, 4) is 17.0 Å². The fourth-order valence-corrected chi connectivity index (χ4v) is 1.89. The maximum Gasteiger partial charge on any atom is 0.295 e. The number of ether oxygens (including phenoxy) is 1. The average Bonchev–Trinajstić information content (AvgIpc) is 2.73. The molecule has 0 aliphatic carbocycles. The van der Waals surface area contributed by atoms with Crippen LogP contribution in [-0.4, -0.2) is 18.6 Å². The summed E-state index contributed by atoms with van der Waals surface area (Å²) >= 11 is 0. The second-order valence-corrected chi connectivity index (χ2v) is 4.09. The molecule has 1 aromatic heterocycles. The summed E-state index contributed by atoms with van der Waals surface area (Å²) in [6, 6.07) is 6.58. The SMILES string of the molecule is CCOc1ccc(-c2nc(NC)oc2C)cc1C. The van der Waals surface area contributed by atoms with Gasteiger partial charge in [-0.3, -0.25) is 0 Å². The van der Waals surface area contributed by atoms with Gasteiger partial charge in [0.05, 0.1) is 6.61 Å². The van der Waals surface area contributed by atoms with Crippen LogP contribution in [0.25, 0.3) is 11.3 Å². The lowest BCUT2D eigenvalue weighted by atomic mass is 10.1. The van der Waals surface area contributed by atoms with Crippen molar-refractivity contribution in [2.75, 3.05) is 19.0 Å². The highest BCUT2D eigenvalue weighted by Crippen LogP contribution is 2.29. The number of rotatable bonds is 4. The van der Waals surface area contributed by atoms with Crippen molar-refractivity contribution in [2.45, 2.75) is 20.8 Å². The molecule has 1 aromatic carbocycles. The van der Waals surface area contributed by atoms with Crippen LogP contribution in [0.15, 0.2) is 22.6 Å². The van der Waals surface area contributed by atoms with E-state index in [4.69, 9.17) is 9.15 Å². The molecule has 96 valence electrons. The lowest BCUT2D eigenvalue weighted by Gasteiger charge is -2.08. The van der Waals surface area contributed by atoms with Gasteiger partial charge in [0.2, 0.25) is 0 Å². The minimum Gasteiger partial charge on any atom is -0.494 e. The number of hydrogen-bond acceptors (Lipinski definition) is 4. The number of nitrogens with zero attached hydrogens (tertiary/aromatic N) is 1. The Bertz CT molecular complexity index is 547. The van der Waals surface area contributed by atoms with E-state index in [9.17, 15) is 0 Å². The van der Waals surface area contributed by atoms with E-state index >= 15 is 0 Å². The van der Waals surface area contributed by atoms with E-state index in [1.54, 1.807) is 7.05 Å². The van der Waals surface area contributed by atoms with E-state index in [0.717, 1.165) is 28.3 Å². The molecule has 0 aliphatic rings. The summed E-state index contributed by atoms with van der Waals surface area (Å²) in [4.78, 5) is 4.40. The van der Waals surface area contributed by atoms with Gasteiger partial charge in [0.1, 0.15) is 17.2 Å². The quantitative estimate of drug-likeness (QED) is 0.898. The highest BCUT2D eigenvalue weighted by atomic mass is 16.5. The molecule has 1 N–H and O–H groups in total. The molecule has 0 atom stereocenters. The molecule has 0 saturated heterocycles. The van der Waals surface area contributed by atoms with E-state index in [2.05, 4.69) is 16.4 Å². The zero-order chi connectivity index (χ0) is 13.1. The Labute approximate surface area is 107 Å². The van der Waals surface area contributed by atoms with Gasteiger partial charge in [-0.15, -0.1) is 0 Å². The third-order valence-corrected chi connectivity index (χ3v) is 2.76. The first-order valence-electron chi connectivity index (χ1n) is 6.04. The second kappa shape index (κ2) is 5.12. The Morgan fingerprint density at radius 1 is 1.33 bits per heavy atom. The summed E-state index contributed by atoms with van der Waals surface area (Å²) in [5.74, 6) is 1.72. The molecule has 0 amide bonds. The Morgan fingerprint density at radius 2 is 2.11 bits per heavy atom. The van der Waals surface area contributed by atoms with Crippen LogP contribution in [0.3, 0.4) is 0 Å². The first-order chi connectivity index (χ1) is 8.65. The van der Waals surface area contributed by atoms with Crippen molar-refractivity contribution in [1.29, 1.82) is 0 Å². The first-order valence-corrected chi connectivity index (χ1v) is 6.04. The third-order valence-electron chi connectivity index (χ3n) is 2.76. The van der Waals surface area contributed by atoms with Crippen LogP contribution in [0, 0.1) is 13.8 Å². The van der Waals surface area contributed by atoms with Crippen LogP contribution >= 0.6 is 0 Å². The van der Waals surface area contributed by atoms with Crippen LogP contribution in [0.2, 0.25) is 0 Å². The third kappa shape index (κ3) is 2.32. The van der Waals surface area contributed by atoms with E-state index < -0.39 is 0 Å². The summed E-state index contributed by atoms with van der Waals surface area (Å²) in [5.41, 5.74) is 3.01. The topological polar surface area (TPSA) is 47.3 Å². The summed E-state index contributed by atoms with van der Waals surface area (Å²) < 4.78 is 11.0. The van der Waals surface area contributed by atoms with Crippen molar-refractivity contribution in [3.05, 3.63) is 29.5 Å². The maximum absolute atomic E-state index is 5.53. The van der Waals surface area contributed by atoms with Crippen molar-refractivity contribution >= 4 is 6.01 Å². The molecule has 18 heavy (non-hydrogen) atoms. The standard InChI is InChI=1S/C14H18N2O2/c1-5-17-12-7-6-11(8-9(12)2)13-10(3)18-14(15-4)16-13/h6-8H,5H2,1-4H3,(H,15,16). The summed E-state index contributed by atoms with van der Waals surface area (Å²) in [6.45, 7) is 6.60. The van der Waals surface area contributed by atoms with Gasteiger partial charge >= 0.3 is 0 Å². The minimum atomic E-state index is 0.536. The molecule has 4 heteroatoms. The molecule has 0 unspecified atom stereocenters. The molecule has 0 aliphatic heterocycles. The van der Waals surface area contributed by atoms with Gasteiger partial charge in [0.25, 0.3) is 6.01 Å². The summed E-state index contributed by atoms with van der Waals surface area (Å²) in [6.07, 6.45) is 0. The zero-order valence-corrected chi connectivity index (χ0v) is 11.2. The summed E-state index contributed by atoms with van der Waals surface area (Å²) in [7, 11) is 1.79. The molecule has 4 nitrogen and oxygen atoms in total. The van der Waals surface area contributed by atoms with Crippen LogP contribution < -0.4 is 10.1 Å². The highest BCUT2D eigenvalue weighted by molar-refractivity contribution is 5.64. The number of aryl methyl sites for hydroxylation is 2. The Balaban J connectivity index is 2.38. The van der Waals surface area contributed by atoms with Crippen molar-refractivity contribution in [3.63, 3.8) is 0 Å². The van der Waals surface area contributed by atoms with Crippen molar-refractivity contribution in [2.24, 2.45) is 0 Å². The predicted molar refractivity (Wildman–Crippen MR) is 72.1 cm³/mol. The molecule has 0 saturated carbocycles. The van der Waals surface area contributed by atoms with Crippen LogP contribution in [0.4, 0.5) is 6.01 Å². The van der Waals surface area contributed by atoms with Gasteiger partial charge in [0.15, 0.2) is 0 Å². The number of hydrogen-bond donors (Lipinski definition) is 1. The fraction of sp³-hybridized carbons (Fsp3) is 0.357. The normalized spacial score (nSPS) is 10.4. The molecular formula is C14H18N2O2. The lowest BCUT2D eigenvalue weighted by Crippen LogP contribution is -1.94. The molecule has 0 spiro atoms.